The molecule has 170 valence electrons. The third-order valence-electron chi connectivity index (χ3n) is 4.72. The van der Waals surface area contributed by atoms with Gasteiger partial charge in [-0.25, -0.2) is 8.42 Å². The first-order valence-electron chi connectivity index (χ1n) is 9.24. The zero-order valence-corrected chi connectivity index (χ0v) is 18.6. The van der Waals surface area contributed by atoms with E-state index in [9.17, 15) is 26.4 Å². The Kier molecular flexibility index (Phi) is 6.56. The highest BCUT2D eigenvalue weighted by molar-refractivity contribution is 7.92. The van der Waals surface area contributed by atoms with Crippen LogP contribution in [0.2, 0.25) is 5.02 Å². The number of anilines is 1. The van der Waals surface area contributed by atoms with Crippen LogP contribution in [0.15, 0.2) is 65.7 Å². The molecule has 32 heavy (non-hydrogen) atoms. The fourth-order valence-electron chi connectivity index (χ4n) is 2.99. The summed E-state index contributed by atoms with van der Waals surface area (Å²) in [6.07, 6.45) is -2.79. The van der Waals surface area contributed by atoms with Crippen molar-refractivity contribution in [1.82, 2.24) is 9.47 Å². The SMILES string of the molecule is CN(Cc1cccn1C)C(=O)c1cc(S(=O)(=O)Nc2cccc(C(F)(F)F)c2)ccc1Cl. The summed E-state index contributed by atoms with van der Waals surface area (Å²) in [6.45, 7) is 0.262. The number of aryl methyl sites for hydroxylation is 1. The molecular weight excluding hydrogens is 467 g/mol. The number of carbonyl (C=O) groups excluding carboxylic acids is 1. The van der Waals surface area contributed by atoms with E-state index < -0.39 is 27.7 Å². The fourth-order valence-corrected chi connectivity index (χ4v) is 4.26. The molecule has 0 atom stereocenters. The average Bonchev–Trinajstić information content (AvgIpc) is 3.11. The molecular formula is C21H19ClF3N3O3S. The lowest BCUT2D eigenvalue weighted by Crippen LogP contribution is -2.27. The van der Waals surface area contributed by atoms with Crippen LogP contribution in [0.1, 0.15) is 21.6 Å². The predicted molar refractivity (Wildman–Crippen MR) is 115 cm³/mol. The van der Waals surface area contributed by atoms with E-state index in [1.54, 1.807) is 7.05 Å². The summed E-state index contributed by atoms with van der Waals surface area (Å²) >= 11 is 6.14. The minimum Gasteiger partial charge on any atom is -0.353 e. The van der Waals surface area contributed by atoms with Gasteiger partial charge < -0.3 is 9.47 Å². The molecule has 0 spiro atoms. The van der Waals surface area contributed by atoms with Gasteiger partial charge in [-0.05, 0) is 48.5 Å². The van der Waals surface area contributed by atoms with Gasteiger partial charge >= 0.3 is 6.18 Å². The fraction of sp³-hybridized carbons (Fsp3) is 0.190. The zero-order chi connectivity index (χ0) is 23.7. The number of hydrogen-bond acceptors (Lipinski definition) is 3. The summed E-state index contributed by atoms with van der Waals surface area (Å²) in [6, 6.07) is 11.0. The second-order valence-electron chi connectivity index (χ2n) is 7.10. The van der Waals surface area contributed by atoms with Crippen LogP contribution in [0, 0.1) is 0 Å². The molecule has 0 unspecified atom stereocenters. The van der Waals surface area contributed by atoms with Crippen LogP contribution in [-0.2, 0) is 29.8 Å². The van der Waals surface area contributed by atoms with Crippen molar-refractivity contribution in [1.29, 1.82) is 0 Å². The predicted octanol–water partition coefficient (Wildman–Crippen LogP) is 4.77. The molecule has 0 aliphatic heterocycles. The standard InChI is InChI=1S/C21H19ClF3N3O3S/c1-27-10-4-7-16(27)13-28(2)20(29)18-12-17(8-9-19(18)22)32(30,31)26-15-6-3-5-14(11-15)21(23,24)25/h3-12,26H,13H2,1-2H3. The number of amides is 1. The maximum absolute atomic E-state index is 12.9. The molecule has 1 aromatic heterocycles. The van der Waals surface area contributed by atoms with Gasteiger partial charge in [-0.3, -0.25) is 9.52 Å². The highest BCUT2D eigenvalue weighted by Crippen LogP contribution is 2.31. The Morgan fingerprint density at radius 2 is 1.84 bits per heavy atom. The van der Waals surface area contributed by atoms with Crippen molar-refractivity contribution in [3.05, 3.63) is 82.6 Å². The molecule has 2 aromatic carbocycles. The first-order chi connectivity index (χ1) is 14.9. The number of aromatic nitrogens is 1. The Morgan fingerprint density at radius 3 is 2.47 bits per heavy atom. The minimum atomic E-state index is -4.62. The summed E-state index contributed by atoms with van der Waals surface area (Å²) < 4.78 is 68.2. The molecule has 0 bridgehead atoms. The van der Waals surface area contributed by atoms with Gasteiger partial charge in [0.25, 0.3) is 15.9 Å². The Bertz CT molecular complexity index is 1260. The number of rotatable bonds is 6. The number of benzene rings is 2. The van der Waals surface area contributed by atoms with Gasteiger partial charge in [-0.1, -0.05) is 17.7 Å². The lowest BCUT2D eigenvalue weighted by atomic mass is 10.2. The van der Waals surface area contributed by atoms with Crippen molar-refractivity contribution in [2.75, 3.05) is 11.8 Å². The number of carbonyl (C=O) groups is 1. The van der Waals surface area contributed by atoms with Crippen LogP contribution in [0.25, 0.3) is 0 Å². The van der Waals surface area contributed by atoms with Gasteiger partial charge in [0.15, 0.2) is 0 Å². The molecule has 11 heteroatoms. The molecule has 6 nitrogen and oxygen atoms in total. The lowest BCUT2D eigenvalue weighted by molar-refractivity contribution is -0.137. The Hall–Kier alpha value is -2.98. The Labute approximate surface area is 188 Å². The van der Waals surface area contributed by atoms with Crippen LogP contribution >= 0.6 is 11.6 Å². The Morgan fingerprint density at radius 1 is 1.12 bits per heavy atom. The lowest BCUT2D eigenvalue weighted by Gasteiger charge is -2.19. The number of alkyl halides is 3. The summed E-state index contributed by atoms with van der Waals surface area (Å²) in [7, 11) is -0.906. The second kappa shape index (κ2) is 8.87. The van der Waals surface area contributed by atoms with E-state index in [4.69, 9.17) is 11.6 Å². The molecule has 1 amide bonds. The smallest absolute Gasteiger partial charge is 0.353 e. The molecule has 0 saturated carbocycles. The van der Waals surface area contributed by atoms with E-state index in [2.05, 4.69) is 4.72 Å². The number of halogens is 4. The van der Waals surface area contributed by atoms with Gasteiger partial charge in [0.2, 0.25) is 0 Å². The van der Waals surface area contributed by atoms with Gasteiger partial charge in [0, 0.05) is 31.7 Å². The van der Waals surface area contributed by atoms with Gasteiger partial charge in [0.05, 0.1) is 27.6 Å². The van der Waals surface area contributed by atoms with Crippen LogP contribution in [0.5, 0.6) is 0 Å². The van der Waals surface area contributed by atoms with E-state index in [1.165, 1.54) is 23.1 Å². The molecule has 3 aromatic rings. The highest BCUT2D eigenvalue weighted by atomic mass is 35.5. The van der Waals surface area contributed by atoms with E-state index in [0.29, 0.717) is 6.07 Å². The number of nitrogens with one attached hydrogen (secondary N) is 1. The van der Waals surface area contributed by atoms with Crippen molar-refractivity contribution in [2.24, 2.45) is 7.05 Å². The van der Waals surface area contributed by atoms with E-state index in [-0.39, 0.29) is 27.7 Å². The minimum absolute atomic E-state index is 0.0460. The van der Waals surface area contributed by atoms with Crippen molar-refractivity contribution in [3.8, 4) is 0 Å². The molecule has 0 saturated heterocycles. The molecule has 1 N–H and O–H groups in total. The van der Waals surface area contributed by atoms with Crippen molar-refractivity contribution >= 4 is 33.2 Å². The van der Waals surface area contributed by atoms with Gasteiger partial charge in [0.1, 0.15) is 0 Å². The third kappa shape index (κ3) is 5.25. The molecule has 0 aliphatic rings. The monoisotopic (exact) mass is 485 g/mol. The van der Waals surface area contributed by atoms with Gasteiger partial charge in [-0.2, -0.15) is 13.2 Å². The molecule has 0 radical (unpaired) electrons. The summed E-state index contributed by atoms with van der Waals surface area (Å²) in [5, 5.41) is 0.0479. The maximum Gasteiger partial charge on any atom is 0.416 e. The van der Waals surface area contributed by atoms with Crippen molar-refractivity contribution in [2.45, 2.75) is 17.6 Å². The van der Waals surface area contributed by atoms with E-state index in [0.717, 1.165) is 23.9 Å². The van der Waals surface area contributed by atoms with Crippen LogP contribution < -0.4 is 4.72 Å². The highest BCUT2D eigenvalue weighted by Gasteiger charge is 2.31. The first-order valence-corrected chi connectivity index (χ1v) is 11.1. The second-order valence-corrected chi connectivity index (χ2v) is 9.19. The van der Waals surface area contributed by atoms with E-state index >= 15 is 0 Å². The van der Waals surface area contributed by atoms with Gasteiger partial charge in [-0.15, -0.1) is 0 Å². The Balaban J connectivity index is 1.87. The van der Waals surface area contributed by atoms with E-state index in [1.807, 2.05) is 29.9 Å². The number of hydrogen-bond donors (Lipinski definition) is 1. The van der Waals surface area contributed by atoms with Crippen LogP contribution in [0.3, 0.4) is 0 Å². The first kappa shape index (κ1) is 23.7. The molecule has 1 heterocycles. The van der Waals surface area contributed by atoms with Crippen LogP contribution in [0.4, 0.5) is 18.9 Å². The maximum atomic E-state index is 12.9. The summed E-state index contributed by atoms with van der Waals surface area (Å²) in [5.74, 6) is -0.507. The largest absolute Gasteiger partial charge is 0.416 e. The topological polar surface area (TPSA) is 71.4 Å². The third-order valence-corrected chi connectivity index (χ3v) is 6.43. The summed E-state index contributed by atoms with van der Waals surface area (Å²) in [4.78, 5) is 14.0. The van der Waals surface area contributed by atoms with Crippen molar-refractivity contribution < 1.29 is 26.4 Å². The van der Waals surface area contributed by atoms with Crippen molar-refractivity contribution in [3.63, 3.8) is 0 Å². The zero-order valence-electron chi connectivity index (χ0n) is 17.0. The number of nitrogens with zero attached hydrogens (tertiary/aromatic N) is 2. The normalized spacial score (nSPS) is 11.9. The molecule has 0 fully saturated rings. The summed E-state index contributed by atoms with van der Waals surface area (Å²) in [5.41, 5.74) is -0.447. The van der Waals surface area contributed by atoms with Crippen LogP contribution in [-0.4, -0.2) is 30.8 Å². The molecule has 3 rings (SSSR count). The average molecular weight is 486 g/mol. The number of sulfonamides is 1. The quantitative estimate of drug-likeness (QED) is 0.546. The molecule has 0 aliphatic carbocycles.